The molecule has 4 heteroatoms. The molecule has 1 aliphatic carbocycles. The van der Waals surface area contributed by atoms with E-state index in [2.05, 4.69) is 5.32 Å². The second-order valence-corrected chi connectivity index (χ2v) is 4.62. The summed E-state index contributed by atoms with van der Waals surface area (Å²) in [5, 5.41) is 11.6. The lowest BCUT2D eigenvalue weighted by atomic mass is 10.2. The Labute approximate surface area is 107 Å². The fourth-order valence-corrected chi connectivity index (χ4v) is 1.78. The molecule has 0 aliphatic heterocycles. The molecule has 1 aliphatic rings. The number of carbonyl (C=O) groups is 1. The molecular weight excluding hydrogens is 228 g/mol. The molecule has 0 saturated heterocycles. The molecule has 0 aromatic heterocycles. The monoisotopic (exact) mass is 244 g/mol. The van der Waals surface area contributed by atoms with Crippen LogP contribution in [0.3, 0.4) is 0 Å². The first-order valence-corrected chi connectivity index (χ1v) is 6.11. The van der Waals surface area contributed by atoms with Gasteiger partial charge in [0.25, 0.3) is 5.91 Å². The van der Waals surface area contributed by atoms with Gasteiger partial charge in [-0.3, -0.25) is 4.79 Å². The molecule has 0 radical (unpaired) electrons. The molecule has 0 unspecified atom stereocenters. The van der Waals surface area contributed by atoms with Gasteiger partial charge in [0.05, 0.1) is 11.6 Å². The van der Waals surface area contributed by atoms with Crippen molar-refractivity contribution in [2.24, 2.45) is 5.92 Å². The fourth-order valence-electron chi connectivity index (χ4n) is 1.78. The normalized spacial score (nSPS) is 15.6. The first-order valence-electron chi connectivity index (χ1n) is 6.11. The standard InChI is InChI=1S/C14H16N2O2/c1-10(12-4-5-12)16-14(17)9-18-13-6-2-11(8-15)3-7-13/h2-3,6-7,10,12H,4-5,9H2,1H3,(H,16,17)/t10-/m0/s1. The number of benzene rings is 1. The van der Waals surface area contributed by atoms with Crippen molar-refractivity contribution in [1.82, 2.24) is 5.32 Å². The lowest BCUT2D eigenvalue weighted by Crippen LogP contribution is -2.37. The second kappa shape index (κ2) is 5.54. The maximum absolute atomic E-state index is 11.6. The van der Waals surface area contributed by atoms with E-state index in [4.69, 9.17) is 10.00 Å². The molecule has 4 nitrogen and oxygen atoms in total. The van der Waals surface area contributed by atoms with E-state index < -0.39 is 0 Å². The highest BCUT2D eigenvalue weighted by Gasteiger charge is 2.28. The summed E-state index contributed by atoms with van der Waals surface area (Å²) >= 11 is 0. The number of nitrogens with one attached hydrogen (secondary N) is 1. The number of nitriles is 1. The molecule has 1 aromatic carbocycles. The molecule has 1 amide bonds. The number of amides is 1. The van der Waals surface area contributed by atoms with E-state index in [9.17, 15) is 4.79 Å². The van der Waals surface area contributed by atoms with Gasteiger partial charge in [-0.05, 0) is 49.9 Å². The van der Waals surface area contributed by atoms with Crippen molar-refractivity contribution in [1.29, 1.82) is 5.26 Å². The minimum atomic E-state index is -0.0984. The van der Waals surface area contributed by atoms with E-state index in [0.717, 1.165) is 0 Å². The third-order valence-electron chi connectivity index (χ3n) is 3.07. The van der Waals surface area contributed by atoms with Crippen LogP contribution in [0.15, 0.2) is 24.3 Å². The number of hydrogen-bond acceptors (Lipinski definition) is 3. The summed E-state index contributed by atoms with van der Waals surface area (Å²) < 4.78 is 5.35. The molecule has 0 heterocycles. The number of rotatable bonds is 5. The van der Waals surface area contributed by atoms with Gasteiger partial charge in [-0.2, -0.15) is 5.26 Å². The highest BCUT2D eigenvalue weighted by Crippen LogP contribution is 2.32. The molecule has 0 bridgehead atoms. The molecule has 1 fully saturated rings. The number of hydrogen-bond donors (Lipinski definition) is 1. The van der Waals surface area contributed by atoms with Crippen molar-refractivity contribution < 1.29 is 9.53 Å². The average Bonchev–Trinajstić information content (AvgIpc) is 3.21. The van der Waals surface area contributed by atoms with Crippen molar-refractivity contribution in [3.05, 3.63) is 29.8 Å². The van der Waals surface area contributed by atoms with E-state index in [1.165, 1.54) is 12.8 Å². The van der Waals surface area contributed by atoms with Crippen molar-refractivity contribution >= 4 is 5.91 Å². The van der Waals surface area contributed by atoms with Gasteiger partial charge in [-0.25, -0.2) is 0 Å². The molecule has 1 N–H and O–H groups in total. The molecule has 94 valence electrons. The summed E-state index contributed by atoms with van der Waals surface area (Å²) in [5.41, 5.74) is 0.578. The third kappa shape index (κ3) is 3.49. The predicted molar refractivity (Wildman–Crippen MR) is 67.0 cm³/mol. The highest BCUT2D eigenvalue weighted by molar-refractivity contribution is 5.77. The largest absolute Gasteiger partial charge is 0.484 e. The fraction of sp³-hybridized carbons (Fsp3) is 0.429. The first kappa shape index (κ1) is 12.4. The van der Waals surface area contributed by atoms with E-state index in [0.29, 0.717) is 17.2 Å². The van der Waals surface area contributed by atoms with E-state index in [-0.39, 0.29) is 18.6 Å². The Bertz CT molecular complexity index is 458. The first-order chi connectivity index (χ1) is 8.69. The maximum Gasteiger partial charge on any atom is 0.258 e. The van der Waals surface area contributed by atoms with Crippen LogP contribution in [0.25, 0.3) is 0 Å². The highest BCUT2D eigenvalue weighted by atomic mass is 16.5. The van der Waals surface area contributed by atoms with Crippen LogP contribution < -0.4 is 10.1 Å². The SMILES string of the molecule is C[C@H](NC(=O)COc1ccc(C#N)cc1)C1CC1. The quantitative estimate of drug-likeness (QED) is 0.859. The van der Waals surface area contributed by atoms with Gasteiger partial charge >= 0.3 is 0 Å². The van der Waals surface area contributed by atoms with Gasteiger partial charge < -0.3 is 10.1 Å². The molecule has 1 saturated carbocycles. The van der Waals surface area contributed by atoms with Gasteiger partial charge in [-0.1, -0.05) is 0 Å². The van der Waals surface area contributed by atoms with Crippen LogP contribution in [-0.2, 0) is 4.79 Å². The van der Waals surface area contributed by atoms with Crippen molar-refractivity contribution in [3.8, 4) is 11.8 Å². The lowest BCUT2D eigenvalue weighted by Gasteiger charge is -2.13. The number of ether oxygens (including phenoxy) is 1. The second-order valence-electron chi connectivity index (χ2n) is 4.62. The summed E-state index contributed by atoms with van der Waals surface area (Å²) in [7, 11) is 0. The number of nitrogens with zero attached hydrogens (tertiary/aromatic N) is 1. The van der Waals surface area contributed by atoms with Crippen LogP contribution in [0.4, 0.5) is 0 Å². The Hall–Kier alpha value is -2.02. The smallest absolute Gasteiger partial charge is 0.258 e. The Morgan fingerprint density at radius 1 is 1.50 bits per heavy atom. The zero-order chi connectivity index (χ0) is 13.0. The Balaban J connectivity index is 1.76. The van der Waals surface area contributed by atoms with Gasteiger partial charge in [-0.15, -0.1) is 0 Å². The van der Waals surface area contributed by atoms with Crippen molar-refractivity contribution in [2.75, 3.05) is 6.61 Å². The molecule has 2 rings (SSSR count). The van der Waals surface area contributed by atoms with Crippen LogP contribution in [-0.4, -0.2) is 18.6 Å². The predicted octanol–water partition coefficient (Wildman–Crippen LogP) is 1.85. The molecule has 0 spiro atoms. The summed E-state index contributed by atoms with van der Waals surface area (Å²) in [6, 6.07) is 8.98. The summed E-state index contributed by atoms with van der Waals surface area (Å²) in [4.78, 5) is 11.6. The molecular formula is C14H16N2O2. The average molecular weight is 244 g/mol. The molecule has 1 aromatic rings. The topological polar surface area (TPSA) is 62.1 Å². The van der Waals surface area contributed by atoms with Gasteiger partial charge in [0.2, 0.25) is 0 Å². The third-order valence-corrected chi connectivity index (χ3v) is 3.07. The maximum atomic E-state index is 11.6. The lowest BCUT2D eigenvalue weighted by molar-refractivity contribution is -0.123. The summed E-state index contributed by atoms with van der Waals surface area (Å²) in [6.07, 6.45) is 2.41. The Morgan fingerprint density at radius 3 is 2.72 bits per heavy atom. The van der Waals surface area contributed by atoms with Crippen LogP contribution in [0.2, 0.25) is 0 Å². The van der Waals surface area contributed by atoms with Gasteiger partial charge in [0.15, 0.2) is 6.61 Å². The van der Waals surface area contributed by atoms with Crippen LogP contribution in [0, 0.1) is 17.2 Å². The zero-order valence-electron chi connectivity index (χ0n) is 10.3. The van der Waals surface area contributed by atoms with Crippen LogP contribution in [0.5, 0.6) is 5.75 Å². The molecule has 18 heavy (non-hydrogen) atoms. The van der Waals surface area contributed by atoms with Gasteiger partial charge in [0.1, 0.15) is 5.75 Å². The minimum Gasteiger partial charge on any atom is -0.484 e. The van der Waals surface area contributed by atoms with Gasteiger partial charge in [0, 0.05) is 6.04 Å². The number of carbonyl (C=O) groups excluding carboxylic acids is 1. The minimum absolute atomic E-state index is 0.0168. The summed E-state index contributed by atoms with van der Waals surface area (Å²) in [5.74, 6) is 1.14. The summed E-state index contributed by atoms with van der Waals surface area (Å²) in [6.45, 7) is 2.04. The van der Waals surface area contributed by atoms with Crippen LogP contribution >= 0.6 is 0 Å². The molecule has 1 atom stereocenters. The van der Waals surface area contributed by atoms with E-state index in [1.54, 1.807) is 24.3 Å². The Kier molecular flexibility index (Phi) is 3.83. The van der Waals surface area contributed by atoms with Crippen molar-refractivity contribution in [2.45, 2.75) is 25.8 Å². The zero-order valence-corrected chi connectivity index (χ0v) is 10.3. The van der Waals surface area contributed by atoms with E-state index >= 15 is 0 Å². The Morgan fingerprint density at radius 2 is 2.17 bits per heavy atom. The van der Waals surface area contributed by atoms with E-state index in [1.807, 2.05) is 13.0 Å². The van der Waals surface area contributed by atoms with Crippen LogP contribution in [0.1, 0.15) is 25.3 Å². The van der Waals surface area contributed by atoms with Crippen molar-refractivity contribution in [3.63, 3.8) is 0 Å².